The topological polar surface area (TPSA) is 74.7 Å². The fourth-order valence-corrected chi connectivity index (χ4v) is 3.13. The molecule has 0 spiro atoms. The van der Waals surface area contributed by atoms with Crippen molar-refractivity contribution >= 4 is 17.7 Å². The van der Waals surface area contributed by atoms with E-state index in [2.05, 4.69) is 0 Å². The Morgan fingerprint density at radius 1 is 1.30 bits per heavy atom. The van der Waals surface area contributed by atoms with Gasteiger partial charge in [0.15, 0.2) is 5.78 Å². The Labute approximate surface area is 136 Å². The second-order valence-corrected chi connectivity index (χ2v) is 6.28. The summed E-state index contributed by atoms with van der Waals surface area (Å²) in [7, 11) is 0. The highest BCUT2D eigenvalue weighted by Gasteiger charge is 2.25. The SMILES string of the molecule is CC(=O)c1cc(C(=O)N2CCCC(CCC(=O)O)C2)ccc1C. The molecule has 124 valence electrons. The van der Waals surface area contributed by atoms with Gasteiger partial charge in [-0.15, -0.1) is 0 Å². The van der Waals surface area contributed by atoms with Crippen LogP contribution in [0.4, 0.5) is 0 Å². The highest BCUT2D eigenvalue weighted by molar-refractivity contribution is 6.00. The average molecular weight is 317 g/mol. The van der Waals surface area contributed by atoms with Gasteiger partial charge in [-0.3, -0.25) is 14.4 Å². The van der Waals surface area contributed by atoms with Gasteiger partial charge >= 0.3 is 5.97 Å². The lowest BCUT2D eigenvalue weighted by Gasteiger charge is -2.32. The maximum Gasteiger partial charge on any atom is 0.303 e. The third-order valence-electron chi connectivity index (χ3n) is 4.44. The second kappa shape index (κ2) is 7.40. The van der Waals surface area contributed by atoms with Crippen LogP contribution in [0.2, 0.25) is 0 Å². The Morgan fingerprint density at radius 3 is 2.70 bits per heavy atom. The van der Waals surface area contributed by atoms with E-state index in [-0.39, 0.29) is 24.0 Å². The summed E-state index contributed by atoms with van der Waals surface area (Å²) in [5, 5.41) is 8.79. The average Bonchev–Trinajstić information content (AvgIpc) is 2.52. The molecule has 0 radical (unpaired) electrons. The maximum atomic E-state index is 12.7. The molecule has 1 unspecified atom stereocenters. The van der Waals surface area contributed by atoms with Crippen molar-refractivity contribution in [3.05, 3.63) is 34.9 Å². The number of carboxylic acids is 1. The van der Waals surface area contributed by atoms with E-state index in [1.807, 2.05) is 6.92 Å². The summed E-state index contributed by atoms with van der Waals surface area (Å²) in [6.45, 7) is 4.63. The zero-order valence-electron chi connectivity index (χ0n) is 13.7. The van der Waals surface area contributed by atoms with Crippen molar-refractivity contribution < 1.29 is 19.5 Å². The molecule has 1 aromatic carbocycles. The van der Waals surface area contributed by atoms with E-state index in [1.165, 1.54) is 6.92 Å². The van der Waals surface area contributed by atoms with Crippen molar-refractivity contribution in [1.29, 1.82) is 0 Å². The van der Waals surface area contributed by atoms with Crippen LogP contribution in [0.25, 0.3) is 0 Å². The van der Waals surface area contributed by atoms with Crippen LogP contribution in [-0.2, 0) is 4.79 Å². The summed E-state index contributed by atoms with van der Waals surface area (Å²) in [5.41, 5.74) is 1.97. The lowest BCUT2D eigenvalue weighted by molar-refractivity contribution is -0.137. The molecule has 5 nitrogen and oxygen atoms in total. The van der Waals surface area contributed by atoms with Crippen molar-refractivity contribution in [2.75, 3.05) is 13.1 Å². The molecule has 1 N–H and O–H groups in total. The number of rotatable bonds is 5. The largest absolute Gasteiger partial charge is 0.481 e. The van der Waals surface area contributed by atoms with Crippen LogP contribution >= 0.6 is 0 Å². The number of piperidine rings is 1. The number of carboxylic acid groups (broad SMARTS) is 1. The summed E-state index contributed by atoms with van der Waals surface area (Å²) in [6, 6.07) is 5.22. The van der Waals surface area contributed by atoms with Gasteiger partial charge in [0.2, 0.25) is 0 Å². The highest BCUT2D eigenvalue weighted by Crippen LogP contribution is 2.23. The first-order chi connectivity index (χ1) is 10.9. The van der Waals surface area contributed by atoms with Crippen LogP contribution < -0.4 is 0 Å². The number of nitrogens with zero attached hydrogens (tertiary/aromatic N) is 1. The first kappa shape index (κ1) is 17.2. The zero-order valence-corrected chi connectivity index (χ0v) is 13.7. The molecule has 1 amide bonds. The monoisotopic (exact) mass is 317 g/mol. The van der Waals surface area contributed by atoms with E-state index in [4.69, 9.17) is 5.11 Å². The van der Waals surface area contributed by atoms with E-state index >= 15 is 0 Å². The molecular formula is C18H23NO4. The van der Waals surface area contributed by atoms with Crippen molar-refractivity contribution in [3.63, 3.8) is 0 Å². The minimum absolute atomic E-state index is 0.0462. The fourth-order valence-electron chi connectivity index (χ4n) is 3.13. The standard InChI is InChI=1S/C18H23NO4/c1-12-5-7-15(10-16(12)13(2)20)18(23)19-9-3-4-14(11-19)6-8-17(21)22/h5,7,10,14H,3-4,6,8-9,11H2,1-2H3,(H,21,22). The van der Waals surface area contributed by atoms with Crippen LogP contribution in [0.5, 0.6) is 0 Å². The molecule has 5 heteroatoms. The van der Waals surface area contributed by atoms with Crippen LogP contribution in [0.1, 0.15) is 58.9 Å². The van der Waals surface area contributed by atoms with Gasteiger partial charge < -0.3 is 10.0 Å². The van der Waals surface area contributed by atoms with E-state index in [0.717, 1.165) is 18.4 Å². The van der Waals surface area contributed by atoms with E-state index in [1.54, 1.807) is 23.1 Å². The zero-order chi connectivity index (χ0) is 17.0. The number of Topliss-reactive ketones (excluding diaryl/α,β-unsaturated/α-hetero) is 1. The number of likely N-dealkylation sites (tertiary alicyclic amines) is 1. The second-order valence-electron chi connectivity index (χ2n) is 6.28. The van der Waals surface area contributed by atoms with Crippen molar-refractivity contribution in [2.45, 2.75) is 39.5 Å². The number of hydrogen-bond donors (Lipinski definition) is 1. The third-order valence-corrected chi connectivity index (χ3v) is 4.44. The summed E-state index contributed by atoms with van der Waals surface area (Å²) < 4.78 is 0. The van der Waals surface area contributed by atoms with Crippen molar-refractivity contribution in [3.8, 4) is 0 Å². The molecule has 1 fully saturated rings. The van der Waals surface area contributed by atoms with Crippen LogP contribution in [0.3, 0.4) is 0 Å². The van der Waals surface area contributed by atoms with Crippen LogP contribution in [-0.4, -0.2) is 40.8 Å². The van der Waals surface area contributed by atoms with Gasteiger partial charge in [0.25, 0.3) is 5.91 Å². The van der Waals surface area contributed by atoms with Crippen LogP contribution in [0, 0.1) is 12.8 Å². The van der Waals surface area contributed by atoms with Gasteiger partial charge in [0.1, 0.15) is 0 Å². The van der Waals surface area contributed by atoms with Gasteiger partial charge in [-0.05, 0) is 56.7 Å². The Balaban J connectivity index is 2.09. The van der Waals surface area contributed by atoms with Gasteiger partial charge in [-0.2, -0.15) is 0 Å². The molecule has 1 atom stereocenters. The van der Waals surface area contributed by atoms with Crippen molar-refractivity contribution in [2.24, 2.45) is 5.92 Å². The summed E-state index contributed by atoms with van der Waals surface area (Å²) in [5.74, 6) is -0.678. The number of aryl methyl sites for hydroxylation is 1. The number of benzene rings is 1. The summed E-state index contributed by atoms with van der Waals surface area (Å²) >= 11 is 0. The van der Waals surface area contributed by atoms with Crippen molar-refractivity contribution in [1.82, 2.24) is 4.90 Å². The lowest BCUT2D eigenvalue weighted by Crippen LogP contribution is -2.40. The normalized spacial score (nSPS) is 17.8. The number of carbonyl (C=O) groups is 3. The molecule has 0 bridgehead atoms. The number of hydrogen-bond acceptors (Lipinski definition) is 3. The number of amides is 1. The number of ketones is 1. The third kappa shape index (κ3) is 4.41. The molecule has 1 saturated heterocycles. The molecule has 0 aromatic heterocycles. The predicted molar refractivity (Wildman–Crippen MR) is 86.7 cm³/mol. The summed E-state index contributed by atoms with van der Waals surface area (Å²) in [4.78, 5) is 36.8. The van der Waals surface area contributed by atoms with Gasteiger partial charge in [0.05, 0.1) is 0 Å². The maximum absolute atomic E-state index is 12.7. The van der Waals surface area contributed by atoms with E-state index in [0.29, 0.717) is 30.6 Å². The predicted octanol–water partition coefficient (Wildman–Crippen LogP) is 2.91. The Hall–Kier alpha value is -2.17. The lowest BCUT2D eigenvalue weighted by atomic mass is 9.92. The van der Waals surface area contributed by atoms with E-state index in [9.17, 15) is 14.4 Å². The number of aliphatic carboxylic acids is 1. The molecule has 1 aliphatic rings. The first-order valence-corrected chi connectivity index (χ1v) is 8.01. The molecule has 0 saturated carbocycles. The van der Waals surface area contributed by atoms with Gasteiger partial charge in [0, 0.05) is 30.6 Å². The van der Waals surface area contributed by atoms with Gasteiger partial charge in [-0.25, -0.2) is 0 Å². The molecule has 1 aliphatic heterocycles. The van der Waals surface area contributed by atoms with Gasteiger partial charge in [-0.1, -0.05) is 6.07 Å². The minimum atomic E-state index is -0.793. The fraction of sp³-hybridized carbons (Fsp3) is 0.500. The molecule has 2 rings (SSSR count). The quantitative estimate of drug-likeness (QED) is 0.847. The Kier molecular flexibility index (Phi) is 5.53. The number of carbonyl (C=O) groups excluding carboxylic acids is 2. The molecular weight excluding hydrogens is 294 g/mol. The molecule has 0 aliphatic carbocycles. The smallest absolute Gasteiger partial charge is 0.303 e. The Bertz CT molecular complexity index is 623. The molecule has 1 aromatic rings. The molecule has 1 heterocycles. The van der Waals surface area contributed by atoms with Crippen LogP contribution in [0.15, 0.2) is 18.2 Å². The minimum Gasteiger partial charge on any atom is -0.481 e. The Morgan fingerprint density at radius 2 is 2.04 bits per heavy atom. The summed E-state index contributed by atoms with van der Waals surface area (Å²) in [6.07, 6.45) is 2.60. The first-order valence-electron chi connectivity index (χ1n) is 8.01. The highest BCUT2D eigenvalue weighted by atomic mass is 16.4. The molecule has 23 heavy (non-hydrogen) atoms. The van der Waals surface area contributed by atoms with E-state index < -0.39 is 5.97 Å².